The van der Waals surface area contributed by atoms with E-state index in [0.29, 0.717) is 22.7 Å². The number of H-pyrrole nitrogens is 1. The van der Waals surface area contributed by atoms with E-state index in [-0.39, 0.29) is 31.7 Å². The molecule has 0 amide bonds. The standard InChI is InChI=1S/C22H22F4N4O3S2/c23-15-10-14-17(30-6-2-13(22(24,25)26)9-18(30)16-1-4-28-29-16)3-7-33-19(14)11-20(15)35(31,32)12-21-27-5-8-34-21/h1,4-5,8,10-11,13,17-18H,2-3,6-7,9,12H2,(H,28,29)/t13-,17+,18+/m0/s1. The molecule has 0 unspecified atom stereocenters. The third kappa shape index (κ3) is 4.81. The van der Waals surface area contributed by atoms with Gasteiger partial charge in [0.1, 0.15) is 27.2 Å². The Bertz CT molecular complexity index is 1280. The third-order valence-corrected chi connectivity index (χ3v) is 9.19. The molecule has 7 nitrogen and oxygen atoms in total. The van der Waals surface area contributed by atoms with E-state index in [0.717, 1.165) is 17.4 Å². The topological polar surface area (TPSA) is 88.2 Å². The van der Waals surface area contributed by atoms with Crippen LogP contribution in [0, 0.1) is 11.7 Å². The molecule has 0 saturated carbocycles. The number of halogens is 4. The quantitative estimate of drug-likeness (QED) is 0.476. The molecule has 0 radical (unpaired) electrons. The Morgan fingerprint density at radius 2 is 2.03 bits per heavy atom. The van der Waals surface area contributed by atoms with E-state index in [1.807, 2.05) is 4.90 Å². The number of ether oxygens (including phenoxy) is 1. The highest BCUT2D eigenvalue weighted by atomic mass is 32.2. The normalized spacial score (nSPS) is 23.6. The summed E-state index contributed by atoms with van der Waals surface area (Å²) >= 11 is 1.16. The molecule has 1 aromatic carbocycles. The van der Waals surface area contributed by atoms with Crippen LogP contribution in [0.2, 0.25) is 0 Å². The maximum absolute atomic E-state index is 15.2. The number of alkyl halides is 3. The number of aromatic amines is 1. The van der Waals surface area contributed by atoms with E-state index in [1.54, 1.807) is 11.4 Å². The molecular weight excluding hydrogens is 508 g/mol. The number of hydrogen-bond acceptors (Lipinski definition) is 7. The molecule has 0 spiro atoms. The molecular formula is C22H22F4N4O3S2. The summed E-state index contributed by atoms with van der Waals surface area (Å²) in [5.74, 6) is -2.58. The Morgan fingerprint density at radius 3 is 2.71 bits per heavy atom. The lowest BCUT2D eigenvalue weighted by molar-refractivity contribution is -0.192. The Balaban J connectivity index is 1.48. The van der Waals surface area contributed by atoms with Crippen LogP contribution in [0.1, 0.15) is 47.6 Å². The lowest BCUT2D eigenvalue weighted by Crippen LogP contribution is -2.44. The number of nitrogens with zero attached hydrogens (tertiary/aromatic N) is 3. The van der Waals surface area contributed by atoms with Gasteiger partial charge in [-0.3, -0.25) is 10.00 Å². The summed E-state index contributed by atoms with van der Waals surface area (Å²) in [6, 6.07) is 2.93. The molecule has 2 aromatic heterocycles. The van der Waals surface area contributed by atoms with Crippen molar-refractivity contribution in [2.45, 2.75) is 48.2 Å². The van der Waals surface area contributed by atoms with Crippen molar-refractivity contribution in [1.82, 2.24) is 20.1 Å². The number of thiazole rings is 1. The summed E-state index contributed by atoms with van der Waals surface area (Å²) in [5.41, 5.74) is 0.979. The fraction of sp³-hybridized carbons (Fsp3) is 0.455. The summed E-state index contributed by atoms with van der Waals surface area (Å²) in [6.45, 7) is 0.369. The zero-order valence-corrected chi connectivity index (χ0v) is 20.0. The number of fused-ring (bicyclic) bond motifs is 1. The lowest BCUT2D eigenvalue weighted by Gasteiger charge is -2.45. The van der Waals surface area contributed by atoms with Crippen LogP contribution in [-0.4, -0.2) is 47.8 Å². The zero-order valence-electron chi connectivity index (χ0n) is 18.3. The van der Waals surface area contributed by atoms with Crippen LogP contribution in [0.15, 0.2) is 40.9 Å². The fourth-order valence-corrected chi connectivity index (χ4v) is 7.27. The number of nitrogens with one attached hydrogen (secondary N) is 1. The fourth-order valence-electron chi connectivity index (χ4n) is 4.93. The number of aromatic nitrogens is 3. The van der Waals surface area contributed by atoms with Crippen LogP contribution >= 0.6 is 11.3 Å². The van der Waals surface area contributed by atoms with Gasteiger partial charge in [-0.1, -0.05) is 0 Å². The first-order chi connectivity index (χ1) is 16.6. The molecule has 4 heterocycles. The number of piperidine rings is 1. The average molecular weight is 531 g/mol. The van der Waals surface area contributed by atoms with Gasteiger partial charge in [-0.05, 0) is 25.0 Å². The van der Waals surface area contributed by atoms with Crippen molar-refractivity contribution in [3.8, 4) is 5.75 Å². The highest BCUT2D eigenvalue weighted by molar-refractivity contribution is 7.90. The van der Waals surface area contributed by atoms with Crippen LogP contribution in [-0.2, 0) is 15.6 Å². The van der Waals surface area contributed by atoms with E-state index in [4.69, 9.17) is 4.74 Å². The van der Waals surface area contributed by atoms with Crippen molar-refractivity contribution in [1.29, 1.82) is 0 Å². The largest absolute Gasteiger partial charge is 0.493 e. The van der Waals surface area contributed by atoms with Gasteiger partial charge in [0.25, 0.3) is 0 Å². The molecule has 188 valence electrons. The molecule has 3 aromatic rings. The third-order valence-electron chi connectivity index (χ3n) is 6.59. The highest BCUT2D eigenvalue weighted by Gasteiger charge is 2.47. The number of rotatable bonds is 5. The predicted molar refractivity (Wildman–Crippen MR) is 119 cm³/mol. The highest BCUT2D eigenvalue weighted by Crippen LogP contribution is 2.48. The first-order valence-electron chi connectivity index (χ1n) is 11.0. The molecule has 1 N–H and O–H groups in total. The number of benzene rings is 1. The number of sulfone groups is 1. The molecule has 3 atom stereocenters. The van der Waals surface area contributed by atoms with E-state index < -0.39 is 50.5 Å². The van der Waals surface area contributed by atoms with E-state index in [2.05, 4.69) is 15.2 Å². The number of likely N-dealkylation sites (tertiary alicyclic amines) is 1. The summed E-state index contributed by atoms with van der Waals surface area (Å²) in [6.07, 6.45) is -1.15. The van der Waals surface area contributed by atoms with Gasteiger partial charge in [-0.2, -0.15) is 18.3 Å². The maximum Gasteiger partial charge on any atom is 0.391 e. The summed E-state index contributed by atoms with van der Waals surface area (Å²) in [7, 11) is -4.02. The van der Waals surface area contributed by atoms with Gasteiger partial charge < -0.3 is 4.74 Å². The first-order valence-corrected chi connectivity index (χ1v) is 13.6. The van der Waals surface area contributed by atoms with Crippen LogP contribution in [0.25, 0.3) is 0 Å². The average Bonchev–Trinajstić information content (AvgIpc) is 3.51. The van der Waals surface area contributed by atoms with E-state index >= 15 is 4.39 Å². The molecule has 1 fully saturated rings. The minimum Gasteiger partial charge on any atom is -0.493 e. The van der Waals surface area contributed by atoms with E-state index in [9.17, 15) is 21.6 Å². The minimum absolute atomic E-state index is 0.0798. The molecule has 13 heteroatoms. The lowest BCUT2D eigenvalue weighted by atomic mass is 9.85. The maximum atomic E-state index is 15.2. The van der Waals surface area contributed by atoms with Gasteiger partial charge in [-0.25, -0.2) is 17.8 Å². The van der Waals surface area contributed by atoms with E-state index in [1.165, 1.54) is 18.5 Å². The zero-order chi connectivity index (χ0) is 24.8. The minimum atomic E-state index is -4.31. The van der Waals surface area contributed by atoms with Crippen molar-refractivity contribution in [3.05, 3.63) is 58.1 Å². The van der Waals surface area contributed by atoms with Gasteiger partial charge in [0.2, 0.25) is 0 Å². The van der Waals surface area contributed by atoms with Gasteiger partial charge in [0.05, 0.1) is 24.3 Å². The van der Waals surface area contributed by atoms with Gasteiger partial charge in [0.15, 0.2) is 9.84 Å². The van der Waals surface area contributed by atoms with Crippen molar-refractivity contribution < 1.29 is 30.7 Å². The van der Waals surface area contributed by atoms with Crippen molar-refractivity contribution in [3.63, 3.8) is 0 Å². The summed E-state index contributed by atoms with van der Waals surface area (Å²) in [4.78, 5) is 5.40. The van der Waals surface area contributed by atoms with Crippen LogP contribution in [0.4, 0.5) is 17.6 Å². The monoisotopic (exact) mass is 530 g/mol. The second kappa shape index (κ2) is 9.17. The predicted octanol–water partition coefficient (Wildman–Crippen LogP) is 4.82. The summed E-state index contributed by atoms with van der Waals surface area (Å²) < 4.78 is 87.2. The second-order valence-corrected chi connectivity index (χ2v) is 11.6. The molecule has 0 bridgehead atoms. The van der Waals surface area contributed by atoms with Gasteiger partial charge in [0, 0.05) is 48.4 Å². The van der Waals surface area contributed by atoms with Gasteiger partial charge in [-0.15, -0.1) is 11.3 Å². The number of hydrogen-bond donors (Lipinski definition) is 1. The Labute approximate surface area is 203 Å². The molecule has 2 aliphatic rings. The Morgan fingerprint density at radius 1 is 1.20 bits per heavy atom. The Kier molecular flexibility index (Phi) is 6.34. The van der Waals surface area contributed by atoms with Crippen LogP contribution < -0.4 is 4.74 Å². The van der Waals surface area contributed by atoms with Crippen molar-refractivity contribution in [2.24, 2.45) is 5.92 Å². The van der Waals surface area contributed by atoms with Crippen LogP contribution in [0.5, 0.6) is 5.75 Å². The molecule has 0 aliphatic carbocycles. The smallest absolute Gasteiger partial charge is 0.391 e. The SMILES string of the molecule is O=S(=O)(Cc1nccs1)c1cc2c(cc1F)[C@H](N1CC[C@H](C(F)(F)F)C[C@@H]1c1ccn[nH]1)CCO2. The van der Waals surface area contributed by atoms with Crippen molar-refractivity contribution in [2.75, 3.05) is 13.2 Å². The van der Waals surface area contributed by atoms with Crippen molar-refractivity contribution >= 4 is 21.2 Å². The van der Waals surface area contributed by atoms with Crippen LogP contribution in [0.3, 0.4) is 0 Å². The molecule has 2 aliphatic heterocycles. The Hall–Kier alpha value is -2.51. The first kappa shape index (κ1) is 24.2. The molecule has 5 rings (SSSR count). The molecule has 35 heavy (non-hydrogen) atoms. The second-order valence-electron chi connectivity index (χ2n) is 8.69. The molecule has 1 saturated heterocycles. The van der Waals surface area contributed by atoms with Gasteiger partial charge >= 0.3 is 6.18 Å². The summed E-state index contributed by atoms with van der Waals surface area (Å²) in [5, 5.41) is 8.67.